The van der Waals surface area contributed by atoms with E-state index in [4.69, 9.17) is 4.74 Å². The lowest BCUT2D eigenvalue weighted by molar-refractivity contribution is -0.147. The molecular formula is C17H21F2NO5S. The smallest absolute Gasteiger partial charge is 0.339 e. The van der Waals surface area contributed by atoms with Gasteiger partial charge < -0.3 is 14.8 Å². The molecule has 0 spiro atoms. The zero-order valence-corrected chi connectivity index (χ0v) is 15.5. The average molecular weight is 389 g/mol. The number of carbonyl (C=O) groups excluding carboxylic acids is 3. The van der Waals surface area contributed by atoms with Crippen LogP contribution in [0.15, 0.2) is 29.2 Å². The zero-order valence-electron chi connectivity index (χ0n) is 14.7. The molecule has 1 N–H and O–H groups in total. The summed E-state index contributed by atoms with van der Waals surface area (Å²) in [4.78, 5) is 35.8. The van der Waals surface area contributed by atoms with E-state index < -0.39 is 36.3 Å². The Morgan fingerprint density at radius 1 is 1.23 bits per heavy atom. The number of hydrogen-bond acceptors (Lipinski definition) is 6. The van der Waals surface area contributed by atoms with Gasteiger partial charge in [0.15, 0.2) is 6.61 Å². The van der Waals surface area contributed by atoms with E-state index in [0.717, 1.165) is 0 Å². The van der Waals surface area contributed by atoms with Gasteiger partial charge in [-0.2, -0.15) is 8.78 Å². The van der Waals surface area contributed by atoms with Gasteiger partial charge in [-0.15, -0.1) is 0 Å². The molecular weight excluding hydrogens is 368 g/mol. The van der Waals surface area contributed by atoms with Gasteiger partial charge in [-0.05, 0) is 18.1 Å². The summed E-state index contributed by atoms with van der Waals surface area (Å²) >= 11 is 0.216. The fraction of sp³-hybridized carbons (Fsp3) is 0.471. The largest absolute Gasteiger partial charge is 0.467 e. The van der Waals surface area contributed by atoms with Crippen molar-refractivity contribution in [3.05, 3.63) is 29.8 Å². The molecule has 1 rings (SSSR count). The van der Waals surface area contributed by atoms with Gasteiger partial charge in [-0.25, -0.2) is 9.59 Å². The molecule has 1 aromatic rings. The highest BCUT2D eigenvalue weighted by Crippen LogP contribution is 2.28. The van der Waals surface area contributed by atoms with Crippen LogP contribution in [0.5, 0.6) is 0 Å². The number of carbonyl (C=O) groups is 3. The number of methoxy groups -OCH3 is 1. The Balaban J connectivity index is 2.69. The molecule has 2 atom stereocenters. The first-order valence-corrected chi connectivity index (χ1v) is 8.76. The zero-order chi connectivity index (χ0) is 19.7. The Morgan fingerprint density at radius 2 is 1.88 bits per heavy atom. The summed E-state index contributed by atoms with van der Waals surface area (Å²) in [5.41, 5.74) is -0.0583. The molecule has 2 unspecified atom stereocenters. The third kappa shape index (κ3) is 6.62. The van der Waals surface area contributed by atoms with Crippen LogP contribution in [0.2, 0.25) is 0 Å². The highest BCUT2D eigenvalue weighted by molar-refractivity contribution is 7.99. The molecule has 1 aromatic carbocycles. The van der Waals surface area contributed by atoms with E-state index in [-0.39, 0.29) is 28.1 Å². The predicted octanol–water partition coefficient (Wildman–Crippen LogP) is 2.86. The number of amides is 1. The van der Waals surface area contributed by atoms with E-state index in [9.17, 15) is 23.2 Å². The third-order valence-electron chi connectivity index (χ3n) is 3.64. The predicted molar refractivity (Wildman–Crippen MR) is 92.0 cm³/mol. The van der Waals surface area contributed by atoms with Crippen molar-refractivity contribution in [2.45, 2.75) is 37.0 Å². The van der Waals surface area contributed by atoms with Crippen molar-refractivity contribution >= 4 is 29.6 Å². The molecule has 9 heteroatoms. The van der Waals surface area contributed by atoms with E-state index >= 15 is 0 Å². The van der Waals surface area contributed by atoms with E-state index in [1.54, 1.807) is 6.92 Å². The number of esters is 2. The molecule has 0 aliphatic rings. The molecule has 144 valence electrons. The first kappa shape index (κ1) is 21.9. The molecule has 0 aromatic heterocycles. The van der Waals surface area contributed by atoms with Gasteiger partial charge in [-0.1, -0.05) is 44.2 Å². The molecule has 0 radical (unpaired) electrons. The van der Waals surface area contributed by atoms with Crippen LogP contribution in [0.25, 0.3) is 0 Å². The van der Waals surface area contributed by atoms with Gasteiger partial charge in [0.25, 0.3) is 11.7 Å². The topological polar surface area (TPSA) is 81.7 Å². The summed E-state index contributed by atoms with van der Waals surface area (Å²) in [6.07, 6.45) is 0.623. The van der Waals surface area contributed by atoms with E-state index in [1.165, 1.54) is 31.4 Å². The number of benzene rings is 1. The minimum atomic E-state index is -2.69. The maximum atomic E-state index is 12.5. The minimum absolute atomic E-state index is 0.0555. The summed E-state index contributed by atoms with van der Waals surface area (Å²) < 4.78 is 34.6. The summed E-state index contributed by atoms with van der Waals surface area (Å²) in [6.45, 7) is 2.98. The Morgan fingerprint density at radius 3 is 2.46 bits per heavy atom. The highest BCUT2D eigenvalue weighted by atomic mass is 32.2. The Kier molecular flexibility index (Phi) is 9.04. The average Bonchev–Trinajstić information content (AvgIpc) is 2.62. The molecule has 0 heterocycles. The van der Waals surface area contributed by atoms with E-state index in [0.29, 0.717) is 6.42 Å². The van der Waals surface area contributed by atoms with Crippen LogP contribution in [0.1, 0.15) is 30.6 Å². The Labute approximate surface area is 154 Å². The van der Waals surface area contributed by atoms with Crippen molar-refractivity contribution < 1.29 is 32.6 Å². The number of rotatable bonds is 9. The Hall–Kier alpha value is -2.16. The molecule has 0 bridgehead atoms. The van der Waals surface area contributed by atoms with Crippen LogP contribution in [-0.2, 0) is 19.1 Å². The second-order valence-corrected chi connectivity index (χ2v) is 6.44. The number of ether oxygens (including phenoxy) is 2. The van der Waals surface area contributed by atoms with Gasteiger partial charge in [0.05, 0.1) is 12.7 Å². The van der Waals surface area contributed by atoms with Crippen LogP contribution in [-0.4, -0.2) is 43.4 Å². The van der Waals surface area contributed by atoms with Crippen molar-refractivity contribution in [3.63, 3.8) is 0 Å². The highest BCUT2D eigenvalue weighted by Gasteiger charge is 2.27. The van der Waals surface area contributed by atoms with Crippen LogP contribution in [0.3, 0.4) is 0 Å². The molecule has 26 heavy (non-hydrogen) atoms. The lowest BCUT2D eigenvalue weighted by Gasteiger charge is -2.21. The molecule has 0 fully saturated rings. The quantitative estimate of drug-likeness (QED) is 0.517. The molecule has 0 aliphatic carbocycles. The second kappa shape index (κ2) is 10.7. The van der Waals surface area contributed by atoms with E-state index in [1.807, 2.05) is 6.92 Å². The van der Waals surface area contributed by atoms with Gasteiger partial charge in [0, 0.05) is 4.90 Å². The van der Waals surface area contributed by atoms with Crippen LogP contribution < -0.4 is 5.32 Å². The van der Waals surface area contributed by atoms with Gasteiger partial charge in [0.1, 0.15) is 6.04 Å². The van der Waals surface area contributed by atoms with Crippen LogP contribution in [0.4, 0.5) is 8.78 Å². The third-order valence-corrected chi connectivity index (χ3v) is 4.43. The molecule has 0 aliphatic heterocycles. The number of nitrogens with one attached hydrogen (secondary N) is 1. The first-order valence-electron chi connectivity index (χ1n) is 7.88. The summed E-state index contributed by atoms with van der Waals surface area (Å²) in [7, 11) is 1.21. The van der Waals surface area contributed by atoms with Crippen molar-refractivity contribution in [2.75, 3.05) is 13.7 Å². The summed E-state index contributed by atoms with van der Waals surface area (Å²) in [5.74, 6) is -5.05. The standard InChI is InChI=1S/C17H21F2NO5S/c1-4-10(2)14(16(23)24-3)20-13(21)9-25-15(22)11-7-5-6-8-12(11)26-17(18)19/h5-8,10,14,17H,4,9H2,1-3H3,(H,20,21). The summed E-state index contributed by atoms with van der Waals surface area (Å²) in [5, 5.41) is 2.46. The lowest BCUT2D eigenvalue weighted by atomic mass is 9.99. The Bertz CT molecular complexity index is 641. The van der Waals surface area contributed by atoms with Crippen LogP contribution in [0, 0.1) is 5.92 Å². The summed E-state index contributed by atoms with van der Waals surface area (Å²) in [6, 6.07) is 4.85. The van der Waals surface area contributed by atoms with Gasteiger partial charge >= 0.3 is 11.9 Å². The first-order chi connectivity index (χ1) is 12.3. The maximum Gasteiger partial charge on any atom is 0.339 e. The van der Waals surface area contributed by atoms with Crippen molar-refractivity contribution in [1.82, 2.24) is 5.32 Å². The number of thioether (sulfide) groups is 1. The number of halogens is 2. The van der Waals surface area contributed by atoms with Gasteiger partial charge in [0.2, 0.25) is 0 Å². The van der Waals surface area contributed by atoms with E-state index in [2.05, 4.69) is 10.1 Å². The van der Waals surface area contributed by atoms with Crippen molar-refractivity contribution in [3.8, 4) is 0 Å². The maximum absolute atomic E-state index is 12.5. The molecule has 0 saturated heterocycles. The molecule has 6 nitrogen and oxygen atoms in total. The normalized spacial score (nSPS) is 13.0. The van der Waals surface area contributed by atoms with Crippen LogP contribution >= 0.6 is 11.8 Å². The monoisotopic (exact) mass is 389 g/mol. The number of alkyl halides is 2. The van der Waals surface area contributed by atoms with Crippen molar-refractivity contribution in [2.24, 2.45) is 5.92 Å². The van der Waals surface area contributed by atoms with Gasteiger partial charge in [-0.3, -0.25) is 4.79 Å². The SMILES string of the molecule is CCC(C)C(NC(=O)COC(=O)c1ccccc1SC(F)F)C(=O)OC. The minimum Gasteiger partial charge on any atom is -0.467 e. The second-order valence-electron chi connectivity index (χ2n) is 5.40. The van der Waals surface area contributed by atoms with Crippen molar-refractivity contribution in [1.29, 1.82) is 0 Å². The fourth-order valence-corrected chi connectivity index (χ4v) is 2.68. The number of hydrogen-bond donors (Lipinski definition) is 1. The molecule has 1 amide bonds. The lowest BCUT2D eigenvalue weighted by Crippen LogP contribution is -2.47. The molecule has 0 saturated carbocycles. The fourth-order valence-electron chi connectivity index (χ4n) is 2.05.